The smallest absolute Gasteiger partial charge is 0.213 e. The lowest BCUT2D eigenvalue weighted by Crippen LogP contribution is -2.34. The summed E-state index contributed by atoms with van der Waals surface area (Å²) in [5.41, 5.74) is 7.59. The topological polar surface area (TPSA) is 72.5 Å². The predicted molar refractivity (Wildman–Crippen MR) is 94.1 cm³/mol. The maximum atomic E-state index is 6.19. The molecule has 0 radical (unpaired) electrons. The SMILES string of the molecule is COc1cccc(CN=C(N)NC(C)c2ccc(Cl)cc2Cl)n1. The minimum Gasteiger partial charge on any atom is -0.481 e. The summed E-state index contributed by atoms with van der Waals surface area (Å²) >= 11 is 12.1. The lowest BCUT2D eigenvalue weighted by Gasteiger charge is -2.16. The van der Waals surface area contributed by atoms with Crippen molar-refractivity contribution in [2.75, 3.05) is 7.11 Å². The largest absolute Gasteiger partial charge is 0.481 e. The third-order valence-electron chi connectivity index (χ3n) is 3.20. The lowest BCUT2D eigenvalue weighted by molar-refractivity contribution is 0.396. The first kappa shape index (κ1) is 17.4. The molecule has 2 rings (SSSR count). The van der Waals surface area contributed by atoms with Gasteiger partial charge in [0.15, 0.2) is 5.96 Å². The Hall–Kier alpha value is -1.98. The Balaban J connectivity index is 2.01. The van der Waals surface area contributed by atoms with Crippen LogP contribution in [0, 0.1) is 0 Å². The van der Waals surface area contributed by atoms with E-state index in [1.165, 1.54) is 0 Å². The first-order valence-electron chi connectivity index (χ1n) is 7.01. The molecule has 0 bridgehead atoms. The van der Waals surface area contributed by atoms with E-state index in [2.05, 4.69) is 15.3 Å². The molecule has 1 unspecified atom stereocenters. The van der Waals surface area contributed by atoms with Crippen LogP contribution in [0.1, 0.15) is 24.2 Å². The van der Waals surface area contributed by atoms with Gasteiger partial charge in [-0.05, 0) is 30.7 Å². The molecule has 5 nitrogen and oxygen atoms in total. The van der Waals surface area contributed by atoms with Gasteiger partial charge in [0.25, 0.3) is 0 Å². The predicted octanol–water partition coefficient (Wildman–Crippen LogP) is 3.56. The van der Waals surface area contributed by atoms with Crippen LogP contribution in [-0.2, 0) is 6.54 Å². The van der Waals surface area contributed by atoms with Crippen LogP contribution in [-0.4, -0.2) is 18.1 Å². The van der Waals surface area contributed by atoms with E-state index in [1.54, 1.807) is 25.3 Å². The van der Waals surface area contributed by atoms with Crippen molar-refractivity contribution in [2.24, 2.45) is 10.7 Å². The van der Waals surface area contributed by atoms with Crippen LogP contribution >= 0.6 is 23.2 Å². The van der Waals surface area contributed by atoms with E-state index in [-0.39, 0.29) is 6.04 Å². The van der Waals surface area contributed by atoms with Crippen molar-refractivity contribution in [1.29, 1.82) is 0 Å². The van der Waals surface area contributed by atoms with Crippen LogP contribution < -0.4 is 15.8 Å². The van der Waals surface area contributed by atoms with Crippen LogP contribution in [0.25, 0.3) is 0 Å². The highest BCUT2D eigenvalue weighted by atomic mass is 35.5. The maximum Gasteiger partial charge on any atom is 0.213 e. The monoisotopic (exact) mass is 352 g/mol. The number of aliphatic imine (C=N–C) groups is 1. The second-order valence-electron chi connectivity index (χ2n) is 4.90. The Morgan fingerprint density at radius 1 is 1.35 bits per heavy atom. The molecule has 1 heterocycles. The summed E-state index contributed by atoms with van der Waals surface area (Å²) in [6.45, 7) is 2.30. The van der Waals surface area contributed by atoms with Crippen LogP contribution in [0.3, 0.4) is 0 Å². The number of methoxy groups -OCH3 is 1. The van der Waals surface area contributed by atoms with E-state index in [9.17, 15) is 0 Å². The van der Waals surface area contributed by atoms with Crippen molar-refractivity contribution in [3.05, 3.63) is 57.7 Å². The molecule has 1 aromatic carbocycles. The zero-order chi connectivity index (χ0) is 16.8. The van der Waals surface area contributed by atoms with Crippen LogP contribution in [0.15, 0.2) is 41.4 Å². The first-order chi connectivity index (χ1) is 11.0. The minimum absolute atomic E-state index is 0.0956. The second kappa shape index (κ2) is 8.04. The number of rotatable bonds is 5. The number of nitrogens with zero attached hydrogens (tertiary/aromatic N) is 2. The summed E-state index contributed by atoms with van der Waals surface area (Å²) in [7, 11) is 1.57. The van der Waals surface area contributed by atoms with E-state index >= 15 is 0 Å². The van der Waals surface area contributed by atoms with E-state index in [1.807, 2.05) is 25.1 Å². The molecule has 0 saturated carbocycles. The number of guanidine groups is 1. The van der Waals surface area contributed by atoms with Gasteiger partial charge in [-0.2, -0.15) is 0 Å². The Morgan fingerprint density at radius 3 is 2.83 bits per heavy atom. The molecule has 122 valence electrons. The normalized spacial score (nSPS) is 12.8. The molecule has 0 saturated heterocycles. The van der Waals surface area contributed by atoms with Crippen molar-refractivity contribution >= 4 is 29.2 Å². The van der Waals surface area contributed by atoms with Gasteiger partial charge in [-0.3, -0.25) is 0 Å². The molecule has 23 heavy (non-hydrogen) atoms. The third-order valence-corrected chi connectivity index (χ3v) is 3.76. The number of ether oxygens (including phenoxy) is 1. The van der Waals surface area contributed by atoms with Crippen molar-refractivity contribution < 1.29 is 4.74 Å². The zero-order valence-corrected chi connectivity index (χ0v) is 14.4. The number of hydrogen-bond acceptors (Lipinski definition) is 3. The summed E-state index contributed by atoms with van der Waals surface area (Å²) < 4.78 is 5.07. The van der Waals surface area contributed by atoms with E-state index in [4.69, 9.17) is 33.7 Å². The van der Waals surface area contributed by atoms with Gasteiger partial charge in [-0.25, -0.2) is 9.98 Å². The van der Waals surface area contributed by atoms with Crippen molar-refractivity contribution in [1.82, 2.24) is 10.3 Å². The molecule has 0 fully saturated rings. The molecule has 0 aliphatic heterocycles. The van der Waals surface area contributed by atoms with Gasteiger partial charge in [0.05, 0.1) is 25.4 Å². The highest BCUT2D eigenvalue weighted by Gasteiger charge is 2.10. The highest BCUT2D eigenvalue weighted by Crippen LogP contribution is 2.25. The summed E-state index contributed by atoms with van der Waals surface area (Å²) in [6, 6.07) is 10.7. The second-order valence-corrected chi connectivity index (χ2v) is 5.75. The average Bonchev–Trinajstić information content (AvgIpc) is 2.53. The third kappa shape index (κ3) is 5.01. The average molecular weight is 353 g/mol. The van der Waals surface area contributed by atoms with Crippen LogP contribution in [0.2, 0.25) is 10.0 Å². The number of pyridine rings is 1. The van der Waals surface area contributed by atoms with Crippen LogP contribution in [0.5, 0.6) is 5.88 Å². The molecule has 2 aromatic rings. The summed E-state index contributed by atoms with van der Waals surface area (Å²) in [5, 5.41) is 4.27. The minimum atomic E-state index is -0.0956. The summed E-state index contributed by atoms with van der Waals surface area (Å²) in [5.74, 6) is 0.860. The molecule has 1 atom stereocenters. The first-order valence-corrected chi connectivity index (χ1v) is 7.76. The number of hydrogen-bond donors (Lipinski definition) is 2. The molecule has 0 aliphatic rings. The Bertz CT molecular complexity index is 706. The van der Waals surface area contributed by atoms with Crippen molar-refractivity contribution in [3.8, 4) is 5.88 Å². The van der Waals surface area contributed by atoms with Gasteiger partial charge in [-0.15, -0.1) is 0 Å². The van der Waals surface area contributed by atoms with Crippen molar-refractivity contribution in [2.45, 2.75) is 19.5 Å². The Kier molecular flexibility index (Phi) is 6.07. The van der Waals surface area contributed by atoms with E-state index in [0.717, 1.165) is 11.3 Å². The number of benzene rings is 1. The summed E-state index contributed by atoms with van der Waals surface area (Å²) in [4.78, 5) is 8.55. The number of nitrogens with two attached hydrogens (primary N) is 1. The molecular weight excluding hydrogens is 335 g/mol. The Labute approximate surface area is 145 Å². The number of aromatic nitrogens is 1. The molecule has 0 amide bonds. The van der Waals surface area contributed by atoms with Gasteiger partial charge in [-0.1, -0.05) is 35.3 Å². The molecule has 0 spiro atoms. The zero-order valence-electron chi connectivity index (χ0n) is 12.9. The van der Waals surface area contributed by atoms with Crippen molar-refractivity contribution in [3.63, 3.8) is 0 Å². The van der Waals surface area contributed by atoms with Crippen LogP contribution in [0.4, 0.5) is 0 Å². The van der Waals surface area contributed by atoms with Gasteiger partial charge < -0.3 is 15.8 Å². The number of nitrogens with one attached hydrogen (secondary N) is 1. The summed E-state index contributed by atoms with van der Waals surface area (Å²) in [6.07, 6.45) is 0. The lowest BCUT2D eigenvalue weighted by atomic mass is 10.1. The molecule has 3 N–H and O–H groups in total. The van der Waals surface area contributed by atoms with Gasteiger partial charge in [0.1, 0.15) is 0 Å². The van der Waals surface area contributed by atoms with Gasteiger partial charge >= 0.3 is 0 Å². The fraction of sp³-hybridized carbons (Fsp3) is 0.250. The maximum absolute atomic E-state index is 6.19. The highest BCUT2D eigenvalue weighted by molar-refractivity contribution is 6.35. The molecule has 1 aromatic heterocycles. The Morgan fingerprint density at radius 2 is 2.13 bits per heavy atom. The molecule has 0 aliphatic carbocycles. The standard InChI is InChI=1S/C16H18Cl2N4O/c1-10(13-7-6-11(17)8-14(13)18)21-16(19)20-9-12-4-3-5-15(22-12)23-2/h3-8,10H,9H2,1-2H3,(H3,19,20,21). The fourth-order valence-corrected chi connectivity index (χ4v) is 2.60. The van der Waals surface area contributed by atoms with Gasteiger partial charge in [0, 0.05) is 16.1 Å². The number of halogens is 2. The quantitative estimate of drug-likeness (QED) is 0.637. The van der Waals surface area contributed by atoms with E-state index < -0.39 is 0 Å². The molecular formula is C16H18Cl2N4O. The van der Waals surface area contributed by atoms with Gasteiger partial charge in [0.2, 0.25) is 5.88 Å². The fourth-order valence-electron chi connectivity index (χ4n) is 2.02. The molecule has 7 heteroatoms. The van der Waals surface area contributed by atoms with E-state index in [0.29, 0.717) is 28.4 Å².